The van der Waals surface area contributed by atoms with Crippen LogP contribution < -0.4 is 5.73 Å². The van der Waals surface area contributed by atoms with E-state index in [2.05, 4.69) is 5.16 Å². The van der Waals surface area contributed by atoms with E-state index in [1.807, 2.05) is 0 Å². The molecule has 6 nitrogen and oxygen atoms in total. The van der Waals surface area contributed by atoms with E-state index in [1.165, 1.54) is 0 Å². The van der Waals surface area contributed by atoms with Gasteiger partial charge >= 0.3 is 0 Å². The van der Waals surface area contributed by atoms with Gasteiger partial charge in [-0.1, -0.05) is 5.16 Å². The maximum atomic E-state index is 8.51. The smallest absolute Gasteiger partial charge is 0.233 e. The average molecular weight is 205 g/mol. The minimum absolute atomic E-state index is 0.109. The predicted molar refractivity (Wildman–Crippen MR) is 53.4 cm³/mol. The summed E-state index contributed by atoms with van der Waals surface area (Å²) in [6.45, 7) is 2.49. The van der Waals surface area contributed by atoms with Gasteiger partial charge in [-0.3, -0.25) is 0 Å². The van der Waals surface area contributed by atoms with Gasteiger partial charge in [0, 0.05) is 33.9 Å². The fraction of sp³-hybridized carbons (Fsp3) is 0.875. The summed E-state index contributed by atoms with van der Waals surface area (Å²) in [5.74, 6) is 0.109. The maximum absolute atomic E-state index is 8.51. The largest absolute Gasteiger partial charge is 0.408 e. The van der Waals surface area contributed by atoms with Crippen molar-refractivity contribution in [3.05, 3.63) is 0 Å². The first-order valence-electron chi connectivity index (χ1n) is 4.46. The highest BCUT2D eigenvalue weighted by atomic mass is 16.5. The molecule has 0 aliphatic heterocycles. The molecule has 0 aliphatic rings. The lowest BCUT2D eigenvalue weighted by Gasteiger charge is -2.21. The van der Waals surface area contributed by atoms with Gasteiger partial charge in [-0.15, -0.1) is 0 Å². The van der Waals surface area contributed by atoms with Crippen molar-refractivity contribution in [1.29, 1.82) is 0 Å². The first-order valence-corrected chi connectivity index (χ1v) is 4.46. The maximum Gasteiger partial charge on any atom is 0.233 e. The lowest BCUT2D eigenvalue weighted by Crippen LogP contribution is -2.40. The number of oxime groups is 1. The molecule has 0 bridgehead atoms. The Kier molecular flexibility index (Phi) is 7.96. The Labute approximate surface area is 84.3 Å². The molecule has 0 rings (SSSR count). The zero-order chi connectivity index (χ0) is 10.8. The van der Waals surface area contributed by atoms with Crippen molar-refractivity contribution in [2.24, 2.45) is 10.9 Å². The van der Waals surface area contributed by atoms with Crippen LogP contribution in [-0.2, 0) is 9.47 Å². The van der Waals surface area contributed by atoms with Crippen LogP contribution in [-0.4, -0.2) is 56.6 Å². The zero-order valence-electron chi connectivity index (χ0n) is 8.77. The second-order valence-electron chi connectivity index (χ2n) is 2.78. The highest BCUT2D eigenvalue weighted by Crippen LogP contribution is 1.92. The van der Waals surface area contributed by atoms with Crippen LogP contribution in [0.15, 0.2) is 5.16 Å². The van der Waals surface area contributed by atoms with Gasteiger partial charge in [-0.25, -0.2) is 0 Å². The van der Waals surface area contributed by atoms with Crippen LogP contribution in [0, 0.1) is 0 Å². The topological polar surface area (TPSA) is 80.3 Å². The van der Waals surface area contributed by atoms with Crippen LogP contribution in [0.5, 0.6) is 0 Å². The number of nitrogens with two attached hydrogens (primary N) is 1. The van der Waals surface area contributed by atoms with E-state index in [-0.39, 0.29) is 5.96 Å². The Morgan fingerprint density at radius 3 is 2.43 bits per heavy atom. The first-order chi connectivity index (χ1) is 6.76. The Hall–Kier alpha value is -1.01. The first kappa shape index (κ1) is 13.0. The van der Waals surface area contributed by atoms with Crippen LogP contribution in [0.25, 0.3) is 0 Å². The molecule has 14 heavy (non-hydrogen) atoms. The van der Waals surface area contributed by atoms with Gasteiger partial charge in [0.25, 0.3) is 0 Å². The van der Waals surface area contributed by atoms with Gasteiger partial charge in [-0.2, -0.15) is 0 Å². The number of hydrogen-bond donors (Lipinski definition) is 2. The summed E-state index contributed by atoms with van der Waals surface area (Å²) in [6, 6.07) is 0. The van der Waals surface area contributed by atoms with Crippen LogP contribution in [0.2, 0.25) is 0 Å². The molecule has 0 atom stereocenters. The number of nitrogens with zero attached hydrogens (tertiary/aromatic N) is 2. The monoisotopic (exact) mass is 205 g/mol. The summed E-state index contributed by atoms with van der Waals surface area (Å²) in [5.41, 5.74) is 5.47. The Balaban J connectivity index is 3.85. The number of guanidine groups is 1. The summed E-state index contributed by atoms with van der Waals surface area (Å²) in [7, 11) is 3.25. The molecule has 0 saturated heterocycles. The standard InChI is InChI=1S/C8H19N3O3/c1-13-6-3-4-11(5-7-14-2)8(9)10-12/h12H,3-7H2,1-2H3,(H2,9,10). The molecule has 0 aromatic rings. The van der Waals surface area contributed by atoms with E-state index in [1.54, 1.807) is 19.1 Å². The molecule has 0 heterocycles. The van der Waals surface area contributed by atoms with Crippen LogP contribution in [0.3, 0.4) is 0 Å². The van der Waals surface area contributed by atoms with E-state index in [0.29, 0.717) is 26.3 Å². The minimum atomic E-state index is 0.109. The summed E-state index contributed by atoms with van der Waals surface area (Å²) in [6.07, 6.45) is 0.830. The Bertz CT molecular complexity index is 164. The zero-order valence-corrected chi connectivity index (χ0v) is 8.77. The molecule has 0 saturated carbocycles. The fourth-order valence-corrected chi connectivity index (χ4v) is 1.01. The minimum Gasteiger partial charge on any atom is -0.408 e. The van der Waals surface area contributed by atoms with E-state index < -0.39 is 0 Å². The molecule has 0 aromatic carbocycles. The van der Waals surface area contributed by atoms with Crippen molar-refractivity contribution in [1.82, 2.24) is 4.90 Å². The van der Waals surface area contributed by atoms with Gasteiger partial charge in [-0.05, 0) is 6.42 Å². The number of hydrogen-bond acceptors (Lipinski definition) is 4. The van der Waals surface area contributed by atoms with Crippen LogP contribution in [0.1, 0.15) is 6.42 Å². The summed E-state index contributed by atoms with van der Waals surface area (Å²) < 4.78 is 9.82. The lowest BCUT2D eigenvalue weighted by molar-refractivity contribution is 0.158. The highest BCUT2D eigenvalue weighted by Gasteiger charge is 2.07. The molecular weight excluding hydrogens is 186 g/mol. The molecule has 3 N–H and O–H groups in total. The predicted octanol–water partition coefficient (Wildman–Crippen LogP) is -0.325. The summed E-state index contributed by atoms with van der Waals surface area (Å²) >= 11 is 0. The van der Waals surface area contributed by atoms with Crippen molar-refractivity contribution in [3.8, 4) is 0 Å². The molecule has 0 amide bonds. The Morgan fingerprint density at radius 2 is 1.93 bits per heavy atom. The van der Waals surface area contributed by atoms with Gasteiger partial charge in [0.1, 0.15) is 0 Å². The van der Waals surface area contributed by atoms with Gasteiger partial charge in [0.2, 0.25) is 5.96 Å². The molecule has 0 aliphatic carbocycles. The third kappa shape index (κ3) is 5.60. The van der Waals surface area contributed by atoms with Crippen molar-refractivity contribution < 1.29 is 14.7 Å². The lowest BCUT2D eigenvalue weighted by atomic mass is 10.4. The normalized spacial score (nSPS) is 11.7. The third-order valence-corrected chi connectivity index (χ3v) is 1.77. The van der Waals surface area contributed by atoms with Crippen LogP contribution >= 0.6 is 0 Å². The van der Waals surface area contributed by atoms with Gasteiger partial charge < -0.3 is 25.3 Å². The number of rotatable bonds is 7. The van der Waals surface area contributed by atoms with E-state index in [0.717, 1.165) is 6.42 Å². The fourth-order valence-electron chi connectivity index (χ4n) is 1.01. The van der Waals surface area contributed by atoms with E-state index in [9.17, 15) is 0 Å². The average Bonchev–Trinajstić information content (AvgIpc) is 2.22. The summed E-state index contributed by atoms with van der Waals surface area (Å²) in [4.78, 5) is 1.74. The Morgan fingerprint density at radius 1 is 1.29 bits per heavy atom. The summed E-state index contributed by atoms with van der Waals surface area (Å²) in [5, 5.41) is 11.5. The second kappa shape index (κ2) is 8.58. The highest BCUT2D eigenvalue weighted by molar-refractivity contribution is 5.77. The molecule has 0 unspecified atom stereocenters. The van der Waals surface area contributed by atoms with E-state index >= 15 is 0 Å². The molecule has 0 spiro atoms. The van der Waals surface area contributed by atoms with Crippen molar-refractivity contribution in [3.63, 3.8) is 0 Å². The molecule has 0 aromatic heterocycles. The molecule has 0 radical (unpaired) electrons. The van der Waals surface area contributed by atoms with Crippen molar-refractivity contribution in [2.45, 2.75) is 6.42 Å². The molecule has 6 heteroatoms. The third-order valence-electron chi connectivity index (χ3n) is 1.77. The molecular formula is C8H19N3O3. The van der Waals surface area contributed by atoms with Crippen molar-refractivity contribution in [2.75, 3.05) is 40.5 Å². The quantitative estimate of drug-likeness (QED) is 0.196. The van der Waals surface area contributed by atoms with Gasteiger partial charge in [0.15, 0.2) is 0 Å². The molecule has 84 valence electrons. The number of methoxy groups -OCH3 is 2. The van der Waals surface area contributed by atoms with Crippen LogP contribution in [0.4, 0.5) is 0 Å². The van der Waals surface area contributed by atoms with E-state index in [4.69, 9.17) is 20.4 Å². The SMILES string of the molecule is COCCCN(CCOC)C(N)=NO. The molecule has 0 fully saturated rings. The van der Waals surface area contributed by atoms with Crippen molar-refractivity contribution >= 4 is 5.96 Å². The second-order valence-corrected chi connectivity index (χ2v) is 2.78. The number of ether oxygens (including phenoxy) is 2. The van der Waals surface area contributed by atoms with Gasteiger partial charge in [0.05, 0.1) is 6.61 Å².